The molecule has 0 fully saturated rings. The lowest BCUT2D eigenvalue weighted by Crippen LogP contribution is -2.24. The highest BCUT2D eigenvalue weighted by Gasteiger charge is 2.17. The number of ether oxygens (including phenoxy) is 1. The zero-order valence-electron chi connectivity index (χ0n) is 18.4. The summed E-state index contributed by atoms with van der Waals surface area (Å²) >= 11 is 0. The van der Waals surface area contributed by atoms with Gasteiger partial charge < -0.3 is 4.74 Å². The third-order valence-electron chi connectivity index (χ3n) is 5.02. The number of hydrogen-bond donors (Lipinski definition) is 0. The van der Waals surface area contributed by atoms with Gasteiger partial charge in [0, 0.05) is 11.8 Å². The molecule has 6 nitrogen and oxygen atoms in total. The van der Waals surface area contributed by atoms with E-state index >= 15 is 0 Å². The van der Waals surface area contributed by atoms with E-state index in [-0.39, 0.29) is 10.6 Å². The molecular formula is C24H27FN2O4S. The van der Waals surface area contributed by atoms with Crippen LogP contribution in [0, 0.1) is 11.7 Å². The molecule has 3 aromatic rings. The minimum atomic E-state index is -3.34. The van der Waals surface area contributed by atoms with Gasteiger partial charge in [-0.3, -0.25) is 4.79 Å². The molecule has 0 unspecified atom stereocenters. The molecule has 0 radical (unpaired) electrons. The highest BCUT2D eigenvalue weighted by Crippen LogP contribution is 2.28. The summed E-state index contributed by atoms with van der Waals surface area (Å²) in [5.41, 5.74) is 1.04. The maximum Gasteiger partial charge on any atom is 0.314 e. The molecule has 0 saturated carbocycles. The van der Waals surface area contributed by atoms with Crippen LogP contribution >= 0.6 is 0 Å². The molecule has 32 heavy (non-hydrogen) atoms. The average Bonchev–Trinajstić information content (AvgIpc) is 2.74. The van der Waals surface area contributed by atoms with Gasteiger partial charge in [0.2, 0.25) is 0 Å². The average molecular weight is 459 g/mol. The Bertz CT molecular complexity index is 1220. The largest absolute Gasteiger partial charge is 0.487 e. The van der Waals surface area contributed by atoms with Crippen molar-refractivity contribution in [3.05, 3.63) is 70.9 Å². The van der Waals surface area contributed by atoms with Crippen LogP contribution in [0.5, 0.6) is 5.75 Å². The summed E-state index contributed by atoms with van der Waals surface area (Å²) in [6, 6.07) is 11.7. The molecule has 8 heteroatoms. The number of aromatic nitrogens is 2. The van der Waals surface area contributed by atoms with Crippen molar-refractivity contribution in [3.63, 3.8) is 0 Å². The normalized spacial score (nSPS) is 11.7. The van der Waals surface area contributed by atoms with Crippen molar-refractivity contribution in [2.24, 2.45) is 5.92 Å². The van der Waals surface area contributed by atoms with Gasteiger partial charge in [-0.15, -0.1) is 0 Å². The number of benzene rings is 2. The van der Waals surface area contributed by atoms with Gasteiger partial charge in [-0.1, -0.05) is 32.4 Å². The third kappa shape index (κ3) is 5.82. The first-order chi connectivity index (χ1) is 15.2. The van der Waals surface area contributed by atoms with E-state index in [0.29, 0.717) is 29.3 Å². The van der Waals surface area contributed by atoms with E-state index in [0.717, 1.165) is 30.2 Å². The predicted octanol–water partition coefficient (Wildman–Crippen LogP) is 4.65. The van der Waals surface area contributed by atoms with E-state index in [2.05, 4.69) is 18.9 Å². The minimum Gasteiger partial charge on any atom is -0.487 e. The summed E-state index contributed by atoms with van der Waals surface area (Å²) in [6.07, 6.45) is 5.48. The quantitative estimate of drug-likeness (QED) is 0.436. The first-order valence-electron chi connectivity index (χ1n) is 10.5. The highest BCUT2D eigenvalue weighted by atomic mass is 32.2. The number of unbranched alkanes of at least 4 members (excludes halogenated alkanes) is 1. The van der Waals surface area contributed by atoms with Crippen LogP contribution in [0.15, 0.2) is 64.4 Å². The zero-order valence-corrected chi connectivity index (χ0v) is 19.2. The maximum absolute atomic E-state index is 13.3. The monoisotopic (exact) mass is 458 g/mol. The van der Waals surface area contributed by atoms with Gasteiger partial charge in [-0.05, 0) is 60.7 Å². The van der Waals surface area contributed by atoms with Crippen LogP contribution in [0.25, 0.3) is 16.8 Å². The first kappa shape index (κ1) is 23.7. The molecule has 0 aliphatic carbocycles. The van der Waals surface area contributed by atoms with E-state index in [1.165, 1.54) is 42.6 Å². The van der Waals surface area contributed by atoms with Crippen LogP contribution in [-0.4, -0.2) is 31.1 Å². The third-order valence-corrected chi connectivity index (χ3v) is 6.15. The predicted molar refractivity (Wildman–Crippen MR) is 123 cm³/mol. The lowest BCUT2D eigenvalue weighted by atomic mass is 10.1. The van der Waals surface area contributed by atoms with Crippen molar-refractivity contribution >= 4 is 9.84 Å². The first-order valence-corrected chi connectivity index (χ1v) is 12.4. The molecule has 0 atom stereocenters. The van der Waals surface area contributed by atoms with Crippen molar-refractivity contribution in [2.45, 2.75) is 38.0 Å². The molecule has 0 amide bonds. The fourth-order valence-corrected chi connectivity index (χ4v) is 3.89. The second-order valence-corrected chi connectivity index (χ2v) is 10.1. The van der Waals surface area contributed by atoms with Crippen LogP contribution in [0.4, 0.5) is 4.39 Å². The molecule has 0 saturated heterocycles. The van der Waals surface area contributed by atoms with Crippen molar-refractivity contribution in [1.82, 2.24) is 9.78 Å². The van der Waals surface area contributed by atoms with E-state index in [1.807, 2.05) is 0 Å². The summed E-state index contributed by atoms with van der Waals surface area (Å²) < 4.78 is 43.9. The summed E-state index contributed by atoms with van der Waals surface area (Å²) in [6.45, 7) is 4.68. The molecule has 0 aliphatic rings. The lowest BCUT2D eigenvalue weighted by Gasteiger charge is -2.14. The van der Waals surface area contributed by atoms with Crippen LogP contribution in [0.3, 0.4) is 0 Å². The SMILES string of the molecule is CC(C)CCCCOc1c(-c2ccc(S(C)(=O)=O)cc2)cnn(-c2ccc(F)cc2)c1=O. The number of hydrogen-bond acceptors (Lipinski definition) is 5. The van der Waals surface area contributed by atoms with Gasteiger partial charge in [0.15, 0.2) is 15.6 Å². The van der Waals surface area contributed by atoms with Crippen molar-refractivity contribution < 1.29 is 17.5 Å². The van der Waals surface area contributed by atoms with Crippen molar-refractivity contribution in [2.75, 3.05) is 12.9 Å². The summed E-state index contributed by atoms with van der Waals surface area (Å²) in [7, 11) is -3.34. The Morgan fingerprint density at radius 2 is 1.69 bits per heavy atom. The Labute approximate surface area is 187 Å². The Morgan fingerprint density at radius 1 is 1.03 bits per heavy atom. The molecule has 0 aliphatic heterocycles. The molecule has 0 bridgehead atoms. The van der Waals surface area contributed by atoms with Gasteiger partial charge in [0.05, 0.1) is 23.4 Å². The number of nitrogens with zero attached hydrogens (tertiary/aromatic N) is 2. The van der Waals surface area contributed by atoms with Gasteiger partial charge in [0.1, 0.15) is 5.82 Å². The van der Waals surface area contributed by atoms with Crippen LogP contribution in [0.2, 0.25) is 0 Å². The number of sulfone groups is 1. The number of rotatable bonds is 9. The molecule has 1 heterocycles. The second kappa shape index (κ2) is 10.1. The summed E-state index contributed by atoms with van der Waals surface area (Å²) in [5.74, 6) is 0.308. The molecule has 0 N–H and O–H groups in total. The van der Waals surface area contributed by atoms with E-state index in [9.17, 15) is 17.6 Å². The minimum absolute atomic E-state index is 0.126. The Balaban J connectivity index is 1.99. The Kier molecular flexibility index (Phi) is 7.45. The maximum atomic E-state index is 13.3. The smallest absolute Gasteiger partial charge is 0.314 e. The van der Waals surface area contributed by atoms with Crippen molar-refractivity contribution in [1.29, 1.82) is 0 Å². The fourth-order valence-electron chi connectivity index (χ4n) is 3.26. The molecular weight excluding hydrogens is 431 g/mol. The van der Waals surface area contributed by atoms with Crippen LogP contribution in [-0.2, 0) is 9.84 Å². The highest BCUT2D eigenvalue weighted by molar-refractivity contribution is 7.90. The Morgan fingerprint density at radius 3 is 2.28 bits per heavy atom. The van der Waals surface area contributed by atoms with Gasteiger partial charge in [-0.25, -0.2) is 12.8 Å². The Hall–Kier alpha value is -3.00. The van der Waals surface area contributed by atoms with Crippen LogP contribution in [0.1, 0.15) is 33.1 Å². The van der Waals surface area contributed by atoms with E-state index < -0.39 is 21.2 Å². The summed E-state index contributed by atoms with van der Waals surface area (Å²) in [4.78, 5) is 13.4. The van der Waals surface area contributed by atoms with E-state index in [1.54, 1.807) is 12.1 Å². The van der Waals surface area contributed by atoms with Crippen molar-refractivity contribution in [3.8, 4) is 22.6 Å². The second-order valence-electron chi connectivity index (χ2n) is 8.12. The summed E-state index contributed by atoms with van der Waals surface area (Å²) in [5, 5.41) is 4.24. The lowest BCUT2D eigenvalue weighted by molar-refractivity contribution is 0.296. The molecule has 1 aromatic heterocycles. The molecule has 170 valence electrons. The molecule has 2 aromatic carbocycles. The number of halogens is 1. The van der Waals surface area contributed by atoms with Crippen LogP contribution < -0.4 is 10.3 Å². The standard InChI is InChI=1S/C24H27FN2O4S/c1-17(2)6-4-5-15-31-23-22(18-7-13-21(14-8-18)32(3,29)30)16-26-27(24(23)28)20-11-9-19(25)10-12-20/h7-14,16-17H,4-6,15H2,1-3H3. The van der Waals surface area contributed by atoms with Gasteiger partial charge in [0.25, 0.3) is 0 Å². The van der Waals surface area contributed by atoms with Gasteiger partial charge in [-0.2, -0.15) is 9.78 Å². The fraction of sp³-hybridized carbons (Fsp3) is 0.333. The van der Waals surface area contributed by atoms with Gasteiger partial charge >= 0.3 is 5.56 Å². The molecule has 0 spiro atoms. The van der Waals surface area contributed by atoms with E-state index in [4.69, 9.17) is 4.74 Å². The molecule has 3 rings (SSSR count). The topological polar surface area (TPSA) is 78.3 Å². The zero-order chi connectivity index (χ0) is 23.3.